The molecular weight excluding hydrogens is 186 g/mol. The van der Waals surface area contributed by atoms with Gasteiger partial charge in [-0.15, -0.1) is 12.3 Å². The third-order valence-electron chi connectivity index (χ3n) is 3.55. The average molecular weight is 209 g/mol. The maximum atomic E-state index is 10.1. The number of terminal acetylenes is 1. The van der Waals surface area contributed by atoms with Crippen LogP contribution in [0.5, 0.6) is 0 Å². The minimum atomic E-state index is -0.313. The van der Waals surface area contributed by atoms with Crippen LogP contribution in [0.15, 0.2) is 0 Å². The van der Waals surface area contributed by atoms with E-state index in [0.717, 1.165) is 13.1 Å². The molecule has 0 aliphatic carbocycles. The highest BCUT2D eigenvalue weighted by Crippen LogP contribution is 2.25. The number of piperidine rings is 1. The van der Waals surface area contributed by atoms with Gasteiger partial charge in [0, 0.05) is 12.0 Å². The summed E-state index contributed by atoms with van der Waals surface area (Å²) in [6.07, 6.45) is 10.1. The summed E-state index contributed by atoms with van der Waals surface area (Å²) in [5.74, 6) is 2.60. The van der Waals surface area contributed by atoms with Crippen molar-refractivity contribution in [3.8, 4) is 12.3 Å². The molecule has 0 spiro atoms. The van der Waals surface area contributed by atoms with Gasteiger partial charge in [-0.2, -0.15) is 0 Å². The average Bonchev–Trinajstić information content (AvgIpc) is 2.27. The molecule has 1 aliphatic heterocycles. The molecular formula is C13H23NO. The molecule has 1 rings (SSSR count). The Hall–Kier alpha value is -0.520. The number of likely N-dealkylation sites (tertiary alicyclic amines) is 1. The van der Waals surface area contributed by atoms with E-state index >= 15 is 0 Å². The lowest BCUT2D eigenvalue weighted by molar-refractivity contribution is -0.0223. The minimum absolute atomic E-state index is 0.128. The Kier molecular flexibility index (Phi) is 4.63. The molecule has 0 radical (unpaired) electrons. The molecule has 1 heterocycles. The fraction of sp³-hybridized carbons (Fsp3) is 0.846. The standard InChI is InChI=1S/C13H23NO/c1-4-5-9-12(15)13(2,3)14-10-7-6-8-11-14/h1,12,15H,5-11H2,2-3H3. The van der Waals surface area contributed by atoms with Crippen LogP contribution in [0.1, 0.15) is 46.0 Å². The molecule has 0 aromatic rings. The molecule has 86 valence electrons. The molecule has 1 saturated heterocycles. The van der Waals surface area contributed by atoms with Crippen LogP contribution in [-0.2, 0) is 0 Å². The van der Waals surface area contributed by atoms with Crippen molar-refractivity contribution < 1.29 is 5.11 Å². The number of rotatable bonds is 4. The van der Waals surface area contributed by atoms with Crippen LogP contribution in [0.2, 0.25) is 0 Å². The van der Waals surface area contributed by atoms with Gasteiger partial charge >= 0.3 is 0 Å². The molecule has 0 aromatic heterocycles. The third kappa shape index (κ3) is 3.22. The summed E-state index contributed by atoms with van der Waals surface area (Å²) in [6.45, 7) is 6.47. The SMILES string of the molecule is C#CCCC(O)C(C)(C)N1CCCCC1. The van der Waals surface area contributed by atoms with E-state index in [1.807, 2.05) is 0 Å². The molecule has 1 N–H and O–H groups in total. The number of nitrogens with zero attached hydrogens (tertiary/aromatic N) is 1. The van der Waals surface area contributed by atoms with Gasteiger partial charge in [-0.25, -0.2) is 0 Å². The highest BCUT2D eigenvalue weighted by molar-refractivity contribution is 4.93. The Morgan fingerprint density at radius 3 is 2.47 bits per heavy atom. The molecule has 1 unspecified atom stereocenters. The Morgan fingerprint density at radius 1 is 1.33 bits per heavy atom. The second-order valence-electron chi connectivity index (χ2n) is 4.96. The minimum Gasteiger partial charge on any atom is -0.391 e. The molecule has 2 heteroatoms. The predicted molar refractivity (Wildman–Crippen MR) is 63.6 cm³/mol. The van der Waals surface area contributed by atoms with Crippen molar-refractivity contribution in [1.29, 1.82) is 0 Å². The molecule has 1 aliphatic rings. The van der Waals surface area contributed by atoms with Crippen molar-refractivity contribution in [3.05, 3.63) is 0 Å². The number of hydrogen-bond donors (Lipinski definition) is 1. The van der Waals surface area contributed by atoms with Gasteiger partial charge in [0.15, 0.2) is 0 Å². The number of hydrogen-bond acceptors (Lipinski definition) is 2. The summed E-state index contributed by atoms with van der Waals surface area (Å²) in [5.41, 5.74) is -0.128. The maximum Gasteiger partial charge on any atom is 0.0727 e. The van der Waals surface area contributed by atoms with E-state index in [1.165, 1.54) is 19.3 Å². The smallest absolute Gasteiger partial charge is 0.0727 e. The van der Waals surface area contributed by atoms with Crippen LogP contribution in [0.4, 0.5) is 0 Å². The molecule has 0 saturated carbocycles. The van der Waals surface area contributed by atoms with Crippen molar-refractivity contribution in [2.75, 3.05) is 13.1 Å². The summed E-state index contributed by atoms with van der Waals surface area (Å²) in [4.78, 5) is 2.40. The zero-order valence-corrected chi connectivity index (χ0v) is 10.00. The van der Waals surface area contributed by atoms with Crippen molar-refractivity contribution in [2.45, 2.75) is 57.6 Å². The first-order valence-electron chi connectivity index (χ1n) is 5.95. The second-order valence-corrected chi connectivity index (χ2v) is 4.96. The van der Waals surface area contributed by atoms with Gasteiger partial charge in [0.05, 0.1) is 6.10 Å². The molecule has 1 atom stereocenters. The fourth-order valence-electron chi connectivity index (χ4n) is 2.25. The summed E-state index contributed by atoms with van der Waals surface area (Å²) in [7, 11) is 0. The predicted octanol–water partition coefficient (Wildman–Crippen LogP) is 2.03. The fourth-order valence-corrected chi connectivity index (χ4v) is 2.25. The summed E-state index contributed by atoms with van der Waals surface area (Å²) < 4.78 is 0. The van der Waals surface area contributed by atoms with E-state index in [4.69, 9.17) is 6.42 Å². The Bertz CT molecular complexity index is 223. The molecule has 15 heavy (non-hydrogen) atoms. The highest BCUT2D eigenvalue weighted by Gasteiger charge is 2.34. The summed E-state index contributed by atoms with van der Waals surface area (Å²) >= 11 is 0. The molecule has 0 bridgehead atoms. The van der Waals surface area contributed by atoms with Crippen LogP contribution in [0, 0.1) is 12.3 Å². The van der Waals surface area contributed by atoms with Crippen molar-refractivity contribution in [2.24, 2.45) is 0 Å². The molecule has 1 fully saturated rings. The van der Waals surface area contributed by atoms with Crippen LogP contribution in [0.3, 0.4) is 0 Å². The lowest BCUT2D eigenvalue weighted by Gasteiger charge is -2.44. The van der Waals surface area contributed by atoms with Gasteiger partial charge in [0.1, 0.15) is 0 Å². The summed E-state index contributed by atoms with van der Waals surface area (Å²) in [5, 5.41) is 10.1. The van der Waals surface area contributed by atoms with Gasteiger partial charge in [-0.3, -0.25) is 4.90 Å². The van der Waals surface area contributed by atoms with Gasteiger partial charge in [0.25, 0.3) is 0 Å². The largest absolute Gasteiger partial charge is 0.391 e. The Labute approximate surface area is 93.7 Å². The van der Waals surface area contributed by atoms with Gasteiger partial charge in [-0.1, -0.05) is 6.42 Å². The molecule has 0 aromatic carbocycles. The molecule has 2 nitrogen and oxygen atoms in total. The molecule has 0 amide bonds. The van der Waals surface area contributed by atoms with Gasteiger partial charge in [0.2, 0.25) is 0 Å². The lowest BCUT2D eigenvalue weighted by Crippen LogP contribution is -2.54. The monoisotopic (exact) mass is 209 g/mol. The maximum absolute atomic E-state index is 10.1. The normalized spacial score (nSPS) is 20.9. The van der Waals surface area contributed by atoms with Crippen LogP contribution in [0.25, 0.3) is 0 Å². The first-order chi connectivity index (χ1) is 7.09. The zero-order chi connectivity index (χ0) is 11.3. The second kappa shape index (κ2) is 5.53. The van der Waals surface area contributed by atoms with E-state index in [2.05, 4.69) is 24.7 Å². The summed E-state index contributed by atoms with van der Waals surface area (Å²) in [6, 6.07) is 0. The van der Waals surface area contributed by atoms with Crippen LogP contribution < -0.4 is 0 Å². The quantitative estimate of drug-likeness (QED) is 0.716. The van der Waals surface area contributed by atoms with Crippen molar-refractivity contribution in [3.63, 3.8) is 0 Å². The highest BCUT2D eigenvalue weighted by atomic mass is 16.3. The van der Waals surface area contributed by atoms with Crippen molar-refractivity contribution in [1.82, 2.24) is 4.90 Å². The number of aliphatic hydroxyl groups is 1. The van der Waals surface area contributed by atoms with Gasteiger partial charge in [-0.05, 0) is 46.2 Å². The topological polar surface area (TPSA) is 23.5 Å². The van der Waals surface area contributed by atoms with Crippen LogP contribution in [-0.4, -0.2) is 34.7 Å². The van der Waals surface area contributed by atoms with E-state index in [-0.39, 0.29) is 11.6 Å². The lowest BCUT2D eigenvalue weighted by atomic mass is 9.89. The zero-order valence-electron chi connectivity index (χ0n) is 10.00. The Morgan fingerprint density at radius 2 is 1.93 bits per heavy atom. The van der Waals surface area contributed by atoms with E-state index in [1.54, 1.807) is 0 Å². The van der Waals surface area contributed by atoms with Crippen molar-refractivity contribution >= 4 is 0 Å². The van der Waals surface area contributed by atoms with Crippen LogP contribution >= 0.6 is 0 Å². The van der Waals surface area contributed by atoms with Gasteiger partial charge < -0.3 is 5.11 Å². The first-order valence-corrected chi connectivity index (χ1v) is 5.95. The van der Waals surface area contributed by atoms with E-state index in [9.17, 15) is 5.11 Å². The van der Waals surface area contributed by atoms with E-state index < -0.39 is 0 Å². The number of aliphatic hydroxyl groups excluding tert-OH is 1. The van der Waals surface area contributed by atoms with E-state index in [0.29, 0.717) is 12.8 Å². The first kappa shape index (κ1) is 12.5. The third-order valence-corrected chi connectivity index (χ3v) is 3.55. The Balaban J connectivity index is 2.51.